The molecule has 0 bridgehead atoms. The van der Waals surface area contributed by atoms with E-state index in [0.29, 0.717) is 24.4 Å². The van der Waals surface area contributed by atoms with Crippen LogP contribution in [0.15, 0.2) is 48.5 Å². The highest BCUT2D eigenvalue weighted by atomic mass is 32.2. The Bertz CT molecular complexity index is 1100. The summed E-state index contributed by atoms with van der Waals surface area (Å²) in [6.07, 6.45) is 2.37. The first-order valence-electron chi connectivity index (χ1n) is 11.8. The zero-order chi connectivity index (χ0) is 26.0. The second-order valence-corrected chi connectivity index (χ2v) is 10.5. The van der Waals surface area contributed by atoms with Gasteiger partial charge in [0.25, 0.3) is 0 Å². The fourth-order valence-corrected chi connectivity index (χ4v) is 4.69. The summed E-state index contributed by atoms with van der Waals surface area (Å²) in [6, 6.07) is 13.9. The number of sulfonamides is 1. The summed E-state index contributed by atoms with van der Waals surface area (Å²) in [5.41, 5.74) is 2.36. The van der Waals surface area contributed by atoms with Gasteiger partial charge in [-0.25, -0.2) is 8.42 Å². The maximum Gasteiger partial charge on any atom is 0.242 e. The number of ether oxygens (including phenoxy) is 1. The number of benzene rings is 2. The number of rotatable bonds is 13. The van der Waals surface area contributed by atoms with Crippen LogP contribution in [0.3, 0.4) is 0 Å². The molecule has 9 heteroatoms. The third kappa shape index (κ3) is 8.58. The van der Waals surface area contributed by atoms with E-state index in [1.807, 2.05) is 44.2 Å². The summed E-state index contributed by atoms with van der Waals surface area (Å²) < 4.78 is 31.4. The standard InChI is InChI=1S/C26H37N3O5S/c1-6-15-27-26(31)21(3)28(19-22-11-8-13-24(18-22)34-4)25(30)14-9-16-29(35(5,32)33)23-12-7-10-20(2)17-23/h7-8,10-13,17-18,21H,6,9,14-16,19H2,1-5H3,(H,27,31)/t21-/m1/s1. The molecule has 0 saturated carbocycles. The van der Waals surface area contributed by atoms with Gasteiger partial charge in [0.1, 0.15) is 11.8 Å². The third-order valence-electron chi connectivity index (χ3n) is 5.65. The van der Waals surface area contributed by atoms with Crippen molar-refractivity contribution < 1.29 is 22.7 Å². The molecule has 2 aromatic carbocycles. The van der Waals surface area contributed by atoms with Gasteiger partial charge in [-0.2, -0.15) is 0 Å². The molecule has 2 rings (SSSR count). The number of hydrogen-bond donors (Lipinski definition) is 1. The van der Waals surface area contributed by atoms with E-state index >= 15 is 0 Å². The lowest BCUT2D eigenvalue weighted by Gasteiger charge is -2.29. The monoisotopic (exact) mass is 503 g/mol. The average molecular weight is 504 g/mol. The van der Waals surface area contributed by atoms with E-state index in [1.54, 1.807) is 32.2 Å². The van der Waals surface area contributed by atoms with Gasteiger partial charge in [-0.05, 0) is 62.1 Å². The van der Waals surface area contributed by atoms with E-state index in [0.717, 1.165) is 23.8 Å². The summed E-state index contributed by atoms with van der Waals surface area (Å²) in [6.45, 7) is 6.51. The number of anilines is 1. The van der Waals surface area contributed by atoms with Crippen LogP contribution >= 0.6 is 0 Å². The molecule has 0 fully saturated rings. The van der Waals surface area contributed by atoms with E-state index in [9.17, 15) is 18.0 Å². The van der Waals surface area contributed by atoms with Gasteiger partial charge >= 0.3 is 0 Å². The molecule has 1 atom stereocenters. The first kappa shape index (κ1) is 28.2. The molecular weight excluding hydrogens is 466 g/mol. The Morgan fingerprint density at radius 1 is 1.11 bits per heavy atom. The number of nitrogens with zero attached hydrogens (tertiary/aromatic N) is 2. The van der Waals surface area contributed by atoms with Gasteiger partial charge in [0.2, 0.25) is 21.8 Å². The predicted octanol–water partition coefficient (Wildman–Crippen LogP) is 3.49. The van der Waals surface area contributed by atoms with Crippen LogP contribution < -0.4 is 14.4 Å². The fourth-order valence-electron chi connectivity index (χ4n) is 3.73. The lowest BCUT2D eigenvalue weighted by molar-refractivity contribution is -0.140. The molecule has 0 saturated heterocycles. The molecule has 0 aliphatic rings. The van der Waals surface area contributed by atoms with E-state index < -0.39 is 16.1 Å². The van der Waals surface area contributed by atoms with Crippen molar-refractivity contribution in [3.63, 3.8) is 0 Å². The molecule has 2 amide bonds. The topological polar surface area (TPSA) is 96.0 Å². The first-order valence-corrected chi connectivity index (χ1v) is 13.7. The van der Waals surface area contributed by atoms with Crippen molar-refractivity contribution in [1.29, 1.82) is 0 Å². The Labute approximate surface area is 209 Å². The summed E-state index contributed by atoms with van der Waals surface area (Å²) in [5, 5.41) is 2.85. The highest BCUT2D eigenvalue weighted by Crippen LogP contribution is 2.21. The molecule has 8 nitrogen and oxygen atoms in total. The number of methoxy groups -OCH3 is 1. The molecule has 0 radical (unpaired) electrons. The quantitative estimate of drug-likeness (QED) is 0.451. The molecule has 1 N–H and O–H groups in total. The molecule has 0 unspecified atom stereocenters. The van der Waals surface area contributed by atoms with Crippen LogP contribution in [0.1, 0.15) is 44.2 Å². The Morgan fingerprint density at radius 2 is 1.83 bits per heavy atom. The molecule has 2 aromatic rings. The highest BCUT2D eigenvalue weighted by molar-refractivity contribution is 7.92. The van der Waals surface area contributed by atoms with Gasteiger partial charge in [0, 0.05) is 26.1 Å². The average Bonchev–Trinajstić information content (AvgIpc) is 2.82. The Kier molecular flexibility index (Phi) is 10.6. The molecule has 0 aliphatic carbocycles. The Balaban J connectivity index is 2.17. The third-order valence-corrected chi connectivity index (χ3v) is 6.84. The van der Waals surface area contributed by atoms with Crippen LogP contribution in [0.2, 0.25) is 0 Å². The SMILES string of the molecule is CCCNC(=O)[C@@H](C)N(Cc1cccc(OC)c1)C(=O)CCCN(c1cccc(C)c1)S(C)(=O)=O. The van der Waals surface area contributed by atoms with E-state index in [2.05, 4.69) is 5.32 Å². The largest absolute Gasteiger partial charge is 0.497 e. The van der Waals surface area contributed by atoms with Crippen LogP contribution in [0, 0.1) is 6.92 Å². The molecule has 0 aliphatic heterocycles. The number of amides is 2. The van der Waals surface area contributed by atoms with Gasteiger partial charge < -0.3 is 15.0 Å². The zero-order valence-corrected chi connectivity index (χ0v) is 22.1. The molecule has 0 spiro atoms. The van der Waals surface area contributed by atoms with Gasteiger partial charge in [-0.15, -0.1) is 0 Å². The fraction of sp³-hybridized carbons (Fsp3) is 0.462. The minimum atomic E-state index is -3.52. The Hall–Kier alpha value is -3.07. The second-order valence-electron chi connectivity index (χ2n) is 8.62. The molecule has 0 heterocycles. The van der Waals surface area contributed by atoms with Crippen molar-refractivity contribution in [2.24, 2.45) is 0 Å². The van der Waals surface area contributed by atoms with Crippen molar-refractivity contribution in [2.75, 3.05) is 30.8 Å². The zero-order valence-electron chi connectivity index (χ0n) is 21.3. The van der Waals surface area contributed by atoms with Crippen LogP contribution in [-0.2, 0) is 26.2 Å². The van der Waals surface area contributed by atoms with Gasteiger partial charge in [0.05, 0.1) is 19.1 Å². The summed E-state index contributed by atoms with van der Waals surface area (Å²) in [4.78, 5) is 27.5. The van der Waals surface area contributed by atoms with Gasteiger partial charge in [0.15, 0.2) is 0 Å². The lowest BCUT2D eigenvalue weighted by Crippen LogP contribution is -2.47. The van der Waals surface area contributed by atoms with Crippen molar-refractivity contribution in [3.8, 4) is 5.75 Å². The number of nitrogens with one attached hydrogen (secondary N) is 1. The van der Waals surface area contributed by atoms with Crippen molar-refractivity contribution in [2.45, 2.75) is 52.6 Å². The van der Waals surface area contributed by atoms with Crippen molar-refractivity contribution in [1.82, 2.24) is 10.2 Å². The first-order chi connectivity index (χ1) is 16.6. The Morgan fingerprint density at radius 3 is 2.46 bits per heavy atom. The summed E-state index contributed by atoms with van der Waals surface area (Å²) >= 11 is 0. The van der Waals surface area contributed by atoms with Gasteiger partial charge in [-0.1, -0.05) is 31.2 Å². The molecule has 192 valence electrons. The summed E-state index contributed by atoms with van der Waals surface area (Å²) in [5.74, 6) is 0.227. The van der Waals surface area contributed by atoms with Crippen LogP contribution in [0.5, 0.6) is 5.75 Å². The maximum atomic E-state index is 13.3. The van der Waals surface area contributed by atoms with Crippen molar-refractivity contribution >= 4 is 27.5 Å². The van der Waals surface area contributed by atoms with E-state index in [1.165, 1.54) is 9.21 Å². The second kappa shape index (κ2) is 13.1. The molecular formula is C26H37N3O5S. The van der Waals surface area contributed by atoms with E-state index in [-0.39, 0.29) is 31.3 Å². The number of aryl methyl sites for hydroxylation is 1. The predicted molar refractivity (Wildman–Crippen MR) is 139 cm³/mol. The van der Waals surface area contributed by atoms with Crippen molar-refractivity contribution in [3.05, 3.63) is 59.7 Å². The minimum Gasteiger partial charge on any atom is -0.497 e. The highest BCUT2D eigenvalue weighted by Gasteiger charge is 2.26. The number of carbonyl (C=O) groups is 2. The number of carbonyl (C=O) groups excluding carboxylic acids is 2. The smallest absolute Gasteiger partial charge is 0.242 e. The lowest BCUT2D eigenvalue weighted by atomic mass is 10.1. The summed E-state index contributed by atoms with van der Waals surface area (Å²) in [7, 11) is -1.94. The van der Waals surface area contributed by atoms with Gasteiger partial charge in [-0.3, -0.25) is 13.9 Å². The molecule has 0 aromatic heterocycles. The maximum absolute atomic E-state index is 13.3. The van der Waals surface area contributed by atoms with Crippen LogP contribution in [0.25, 0.3) is 0 Å². The van der Waals surface area contributed by atoms with E-state index in [4.69, 9.17) is 4.74 Å². The van der Waals surface area contributed by atoms with Crippen LogP contribution in [-0.4, -0.2) is 57.6 Å². The number of hydrogen-bond acceptors (Lipinski definition) is 5. The van der Waals surface area contributed by atoms with Crippen LogP contribution in [0.4, 0.5) is 5.69 Å². The molecule has 35 heavy (non-hydrogen) atoms. The minimum absolute atomic E-state index is 0.104. The normalized spacial score (nSPS) is 12.0.